The Kier molecular flexibility index (Phi) is 4.75. The summed E-state index contributed by atoms with van der Waals surface area (Å²) in [6.07, 6.45) is 10.8. The second-order valence-corrected chi connectivity index (χ2v) is 9.60. The Morgan fingerprint density at radius 2 is 1.86 bits per heavy atom. The van der Waals surface area contributed by atoms with E-state index in [1.165, 1.54) is 0 Å². The molecule has 1 aromatic carbocycles. The quantitative estimate of drug-likeness (QED) is 0.563. The first-order valence-corrected chi connectivity index (χ1v) is 11.1. The largest absolute Gasteiger partial charge is 0.481 e. The summed E-state index contributed by atoms with van der Waals surface area (Å²) in [6.45, 7) is 0. The molecule has 4 aliphatic rings. The zero-order valence-corrected chi connectivity index (χ0v) is 17.5. The fourth-order valence-corrected chi connectivity index (χ4v) is 5.82. The van der Waals surface area contributed by atoms with Crippen molar-refractivity contribution in [2.45, 2.75) is 50.9 Å². The van der Waals surface area contributed by atoms with Crippen LogP contribution in [-0.4, -0.2) is 16.2 Å². The minimum Gasteiger partial charge on any atom is -0.481 e. The molecule has 0 radical (unpaired) electrons. The molecule has 0 spiro atoms. The standard InChI is InChI=1S/C23H23Cl2NO3/c24-17-2-1-3-18(25)19(17)20-16(21(29-26-20)14-4-5-14)7-6-15-12-13-8-10-23(15,11-9-13)22(27)28/h1-3,6-7,13-15H,4-5,8-12H2,(H,27,28). The molecule has 6 heteroatoms. The van der Waals surface area contributed by atoms with Gasteiger partial charge in [-0.3, -0.25) is 4.79 Å². The third-order valence-corrected chi connectivity index (χ3v) is 7.75. The molecule has 152 valence electrons. The van der Waals surface area contributed by atoms with Gasteiger partial charge in [0.1, 0.15) is 11.5 Å². The van der Waals surface area contributed by atoms with Crippen LogP contribution >= 0.6 is 23.2 Å². The van der Waals surface area contributed by atoms with Crippen molar-refractivity contribution in [3.05, 3.63) is 45.6 Å². The lowest BCUT2D eigenvalue weighted by molar-refractivity contribution is -0.159. The maximum absolute atomic E-state index is 12.2. The number of fused-ring (bicyclic) bond motifs is 3. The number of aromatic nitrogens is 1. The number of benzene rings is 1. The van der Waals surface area contributed by atoms with Crippen LogP contribution in [-0.2, 0) is 4.79 Å². The lowest BCUT2D eigenvalue weighted by Gasteiger charge is -2.48. The van der Waals surface area contributed by atoms with Gasteiger partial charge in [0.2, 0.25) is 0 Å². The van der Waals surface area contributed by atoms with E-state index in [0.29, 0.717) is 33.1 Å². The van der Waals surface area contributed by atoms with Gasteiger partial charge in [0.25, 0.3) is 0 Å². The number of hydrogen-bond acceptors (Lipinski definition) is 3. The number of hydrogen-bond donors (Lipinski definition) is 1. The average Bonchev–Trinajstić information content (AvgIpc) is 3.48. The van der Waals surface area contributed by atoms with E-state index in [0.717, 1.165) is 56.3 Å². The molecule has 1 heterocycles. The lowest BCUT2D eigenvalue weighted by atomic mass is 9.55. The first-order chi connectivity index (χ1) is 14.0. The average molecular weight is 432 g/mol. The molecule has 4 nitrogen and oxygen atoms in total. The molecular weight excluding hydrogens is 409 g/mol. The predicted octanol–water partition coefficient (Wildman–Crippen LogP) is 6.82. The summed E-state index contributed by atoms with van der Waals surface area (Å²) >= 11 is 12.9. The van der Waals surface area contributed by atoms with Crippen molar-refractivity contribution < 1.29 is 14.4 Å². The van der Waals surface area contributed by atoms with Crippen molar-refractivity contribution in [2.75, 3.05) is 0 Å². The summed E-state index contributed by atoms with van der Waals surface area (Å²) in [4.78, 5) is 12.2. The minimum atomic E-state index is -0.660. The zero-order valence-electron chi connectivity index (χ0n) is 16.0. The van der Waals surface area contributed by atoms with E-state index in [4.69, 9.17) is 27.7 Å². The topological polar surface area (TPSA) is 63.3 Å². The molecule has 0 amide bonds. The summed E-state index contributed by atoms with van der Waals surface area (Å²) < 4.78 is 5.72. The van der Waals surface area contributed by atoms with Crippen LogP contribution in [0.5, 0.6) is 0 Å². The van der Waals surface area contributed by atoms with Crippen molar-refractivity contribution in [1.29, 1.82) is 0 Å². The van der Waals surface area contributed by atoms with Crippen LogP contribution in [0.3, 0.4) is 0 Å². The molecule has 29 heavy (non-hydrogen) atoms. The number of carboxylic acids is 1. The summed E-state index contributed by atoms with van der Waals surface area (Å²) in [5.41, 5.74) is 1.57. The SMILES string of the molecule is O=C(O)C12CCC(CC1)CC2C=Cc1c(-c2c(Cl)cccc2Cl)noc1C1CC1. The van der Waals surface area contributed by atoms with Crippen LogP contribution < -0.4 is 0 Å². The Balaban J connectivity index is 1.56. The second kappa shape index (κ2) is 7.17. The molecule has 4 fully saturated rings. The number of rotatable bonds is 5. The van der Waals surface area contributed by atoms with Crippen LogP contribution in [0.1, 0.15) is 62.2 Å². The molecule has 4 saturated carbocycles. The lowest BCUT2D eigenvalue weighted by Crippen LogP contribution is -2.46. The molecule has 4 aliphatic carbocycles. The smallest absolute Gasteiger partial charge is 0.310 e. The van der Waals surface area contributed by atoms with Gasteiger partial charge in [-0.15, -0.1) is 0 Å². The maximum atomic E-state index is 12.2. The number of nitrogens with zero attached hydrogens (tertiary/aromatic N) is 1. The van der Waals surface area contributed by atoms with E-state index in [-0.39, 0.29) is 5.92 Å². The second-order valence-electron chi connectivity index (χ2n) is 8.79. The molecule has 0 saturated heterocycles. The Bertz CT molecular complexity index is 964. The van der Waals surface area contributed by atoms with Crippen molar-refractivity contribution >= 4 is 35.2 Å². The van der Waals surface area contributed by atoms with Gasteiger partial charge < -0.3 is 9.63 Å². The number of carbonyl (C=O) groups is 1. The molecule has 1 unspecified atom stereocenters. The Morgan fingerprint density at radius 1 is 1.17 bits per heavy atom. The highest BCUT2D eigenvalue weighted by atomic mass is 35.5. The summed E-state index contributed by atoms with van der Waals surface area (Å²) in [7, 11) is 0. The molecule has 2 aromatic rings. The van der Waals surface area contributed by atoms with Gasteiger partial charge in [-0.25, -0.2) is 0 Å². The Labute approximate surface area is 179 Å². The first-order valence-electron chi connectivity index (χ1n) is 10.3. The van der Waals surface area contributed by atoms with Crippen LogP contribution in [0.25, 0.3) is 17.3 Å². The molecule has 1 aromatic heterocycles. The van der Waals surface area contributed by atoms with E-state index in [1.807, 2.05) is 6.08 Å². The maximum Gasteiger partial charge on any atom is 0.310 e. The summed E-state index contributed by atoms with van der Waals surface area (Å²) in [5, 5.41) is 15.4. The van der Waals surface area contributed by atoms with E-state index >= 15 is 0 Å². The highest BCUT2D eigenvalue weighted by molar-refractivity contribution is 6.39. The van der Waals surface area contributed by atoms with Crippen molar-refractivity contribution in [1.82, 2.24) is 5.16 Å². The van der Waals surface area contributed by atoms with Crippen LogP contribution in [0.4, 0.5) is 0 Å². The van der Waals surface area contributed by atoms with Gasteiger partial charge in [-0.05, 0) is 68.9 Å². The molecule has 1 atom stereocenters. The van der Waals surface area contributed by atoms with Crippen LogP contribution in [0, 0.1) is 17.3 Å². The fourth-order valence-electron chi connectivity index (χ4n) is 5.25. The number of allylic oxidation sites excluding steroid dienone is 1. The van der Waals surface area contributed by atoms with E-state index in [1.54, 1.807) is 18.2 Å². The number of carboxylic acid groups (broad SMARTS) is 1. The van der Waals surface area contributed by atoms with E-state index in [9.17, 15) is 9.90 Å². The van der Waals surface area contributed by atoms with Crippen molar-refractivity contribution in [2.24, 2.45) is 17.3 Å². The van der Waals surface area contributed by atoms with Gasteiger partial charge in [-0.2, -0.15) is 0 Å². The minimum absolute atomic E-state index is 0.0315. The van der Waals surface area contributed by atoms with Gasteiger partial charge in [0.05, 0.1) is 15.5 Å². The van der Waals surface area contributed by atoms with Gasteiger partial charge in [0.15, 0.2) is 0 Å². The van der Waals surface area contributed by atoms with Gasteiger partial charge in [-0.1, -0.05) is 46.6 Å². The molecular formula is C23H23Cl2NO3. The Hall–Kier alpha value is -1.78. The third kappa shape index (κ3) is 3.21. The highest BCUT2D eigenvalue weighted by Gasteiger charge is 2.51. The Morgan fingerprint density at radius 3 is 2.48 bits per heavy atom. The van der Waals surface area contributed by atoms with Crippen molar-refractivity contribution in [3.63, 3.8) is 0 Å². The third-order valence-electron chi connectivity index (χ3n) is 7.12. The monoisotopic (exact) mass is 431 g/mol. The summed E-state index contributed by atoms with van der Waals surface area (Å²) in [6, 6.07) is 5.39. The zero-order chi connectivity index (χ0) is 20.2. The normalized spacial score (nSPS) is 28.9. The van der Waals surface area contributed by atoms with E-state index < -0.39 is 11.4 Å². The number of halogens is 2. The van der Waals surface area contributed by atoms with Crippen LogP contribution in [0.2, 0.25) is 10.0 Å². The number of aliphatic carboxylic acids is 1. The van der Waals surface area contributed by atoms with Crippen LogP contribution in [0.15, 0.2) is 28.8 Å². The highest BCUT2D eigenvalue weighted by Crippen LogP contribution is 2.55. The van der Waals surface area contributed by atoms with Gasteiger partial charge in [0, 0.05) is 17.0 Å². The predicted molar refractivity (Wildman–Crippen MR) is 113 cm³/mol. The molecule has 1 N–H and O–H groups in total. The van der Waals surface area contributed by atoms with Gasteiger partial charge >= 0.3 is 5.97 Å². The summed E-state index contributed by atoms with van der Waals surface area (Å²) in [5.74, 6) is 1.23. The molecule has 6 rings (SSSR count). The first kappa shape index (κ1) is 19.2. The molecule has 0 aliphatic heterocycles. The van der Waals surface area contributed by atoms with Crippen molar-refractivity contribution in [3.8, 4) is 11.3 Å². The molecule has 2 bridgehead atoms. The van der Waals surface area contributed by atoms with E-state index in [2.05, 4.69) is 11.2 Å². The fraction of sp³-hybridized carbons (Fsp3) is 0.478.